The molecule has 1 aliphatic rings. The van der Waals surface area contributed by atoms with Crippen molar-refractivity contribution in [3.8, 4) is 0 Å². The van der Waals surface area contributed by atoms with Gasteiger partial charge in [-0.3, -0.25) is 9.10 Å². The van der Waals surface area contributed by atoms with Crippen molar-refractivity contribution in [1.29, 1.82) is 0 Å². The maximum Gasteiger partial charge on any atom is 0.422 e. The number of benzene rings is 1. The third-order valence-corrected chi connectivity index (χ3v) is 4.40. The van der Waals surface area contributed by atoms with Crippen molar-refractivity contribution in [2.45, 2.75) is 19.8 Å². The molecular formula is C13H16N2O5S. The molecule has 0 saturated heterocycles. The van der Waals surface area contributed by atoms with Crippen LogP contribution in [0.4, 0.5) is 10.5 Å². The molecule has 21 heavy (non-hydrogen) atoms. The molecule has 0 saturated carbocycles. The van der Waals surface area contributed by atoms with E-state index in [2.05, 4.69) is 4.74 Å². The lowest BCUT2D eigenvalue weighted by Crippen LogP contribution is -2.44. The van der Waals surface area contributed by atoms with E-state index in [0.29, 0.717) is 12.0 Å². The summed E-state index contributed by atoms with van der Waals surface area (Å²) < 4.78 is 32.0. The number of carbonyl (C=O) groups is 2. The van der Waals surface area contributed by atoms with Crippen LogP contribution >= 0.6 is 0 Å². The number of fused-ring (bicyclic) bond motifs is 1. The Bertz CT molecular complexity index is 656. The fourth-order valence-corrected chi connectivity index (χ4v) is 3.30. The Balaban J connectivity index is 2.37. The quantitative estimate of drug-likeness (QED) is 0.912. The summed E-state index contributed by atoms with van der Waals surface area (Å²) >= 11 is 0. The number of anilines is 1. The first-order valence-corrected chi connectivity index (χ1v) is 7.99. The van der Waals surface area contributed by atoms with Crippen LogP contribution in [-0.4, -0.2) is 33.4 Å². The van der Waals surface area contributed by atoms with Gasteiger partial charge < -0.3 is 4.74 Å². The zero-order valence-corrected chi connectivity index (χ0v) is 12.4. The van der Waals surface area contributed by atoms with Gasteiger partial charge >= 0.3 is 16.3 Å². The average Bonchev–Trinajstić information content (AvgIpc) is 2.59. The van der Waals surface area contributed by atoms with Gasteiger partial charge in [0.25, 0.3) is 0 Å². The molecule has 114 valence electrons. The molecule has 0 aliphatic carbocycles. The summed E-state index contributed by atoms with van der Waals surface area (Å²) in [5, 5.41) is 0. The number of nitrogens with one attached hydrogen (secondary N) is 1. The standard InChI is InChI=1S/C13H16N2O5S/c1-2-20-13(17)14-21(18,19)15-9-5-8-12(16)10-6-3-4-7-11(10)15/h3-4,6-7H,2,5,8-9H2,1H3,(H,14,17). The van der Waals surface area contributed by atoms with E-state index in [0.717, 1.165) is 4.31 Å². The first kappa shape index (κ1) is 15.3. The van der Waals surface area contributed by atoms with Crippen LogP contribution in [0.15, 0.2) is 24.3 Å². The van der Waals surface area contributed by atoms with Crippen LogP contribution in [0.1, 0.15) is 30.1 Å². The molecule has 0 radical (unpaired) electrons. The van der Waals surface area contributed by atoms with Crippen LogP contribution < -0.4 is 9.03 Å². The molecule has 0 aromatic heterocycles. The second-order valence-electron chi connectivity index (χ2n) is 4.44. The largest absolute Gasteiger partial charge is 0.449 e. The van der Waals surface area contributed by atoms with E-state index >= 15 is 0 Å². The first-order valence-electron chi connectivity index (χ1n) is 6.55. The smallest absolute Gasteiger partial charge is 0.422 e. The summed E-state index contributed by atoms with van der Waals surface area (Å²) in [7, 11) is -4.11. The Labute approximate surface area is 123 Å². The van der Waals surface area contributed by atoms with Gasteiger partial charge in [-0.15, -0.1) is 0 Å². The lowest BCUT2D eigenvalue weighted by Gasteiger charge is -2.23. The van der Waals surface area contributed by atoms with Crippen molar-refractivity contribution in [1.82, 2.24) is 4.72 Å². The van der Waals surface area contributed by atoms with Crippen molar-refractivity contribution in [3.05, 3.63) is 29.8 Å². The summed E-state index contributed by atoms with van der Waals surface area (Å²) in [6.45, 7) is 1.76. The van der Waals surface area contributed by atoms with E-state index in [-0.39, 0.29) is 31.0 Å². The molecule has 1 aromatic rings. The number of carbonyl (C=O) groups excluding carboxylic acids is 2. The normalized spacial score (nSPS) is 15.1. The van der Waals surface area contributed by atoms with E-state index in [1.165, 1.54) is 0 Å². The Kier molecular flexibility index (Phi) is 4.46. The third-order valence-electron chi connectivity index (χ3n) is 3.02. The average molecular weight is 312 g/mol. The topological polar surface area (TPSA) is 92.8 Å². The van der Waals surface area contributed by atoms with Crippen molar-refractivity contribution in [3.63, 3.8) is 0 Å². The highest BCUT2D eigenvalue weighted by Gasteiger charge is 2.30. The molecule has 1 aliphatic heterocycles. The number of rotatable bonds is 3. The van der Waals surface area contributed by atoms with Crippen molar-refractivity contribution < 1.29 is 22.7 Å². The predicted octanol–water partition coefficient (Wildman–Crippen LogP) is 1.46. The van der Waals surface area contributed by atoms with Crippen molar-refractivity contribution >= 4 is 27.8 Å². The van der Waals surface area contributed by atoms with Crippen LogP contribution in [0, 0.1) is 0 Å². The highest BCUT2D eigenvalue weighted by Crippen LogP contribution is 2.27. The fourth-order valence-electron chi connectivity index (χ4n) is 2.14. The van der Waals surface area contributed by atoms with Crippen molar-refractivity contribution in [2.24, 2.45) is 0 Å². The van der Waals surface area contributed by atoms with Crippen molar-refractivity contribution in [2.75, 3.05) is 17.5 Å². The highest BCUT2D eigenvalue weighted by molar-refractivity contribution is 7.91. The maximum atomic E-state index is 12.3. The van der Waals surface area contributed by atoms with Crippen LogP contribution in [-0.2, 0) is 14.9 Å². The van der Waals surface area contributed by atoms with Gasteiger partial charge in [-0.25, -0.2) is 9.52 Å². The summed E-state index contributed by atoms with van der Waals surface area (Å²) in [6, 6.07) is 6.44. The van der Waals surface area contributed by atoms with Crippen LogP contribution in [0.2, 0.25) is 0 Å². The molecule has 2 rings (SSSR count). The van der Waals surface area contributed by atoms with Gasteiger partial charge in [-0.1, -0.05) is 12.1 Å². The monoisotopic (exact) mass is 312 g/mol. The second-order valence-corrected chi connectivity index (χ2v) is 6.04. The minimum Gasteiger partial charge on any atom is -0.449 e. The van der Waals surface area contributed by atoms with Crippen LogP contribution in [0.25, 0.3) is 0 Å². The highest BCUT2D eigenvalue weighted by atomic mass is 32.2. The molecule has 0 spiro atoms. The fraction of sp³-hybridized carbons (Fsp3) is 0.385. The molecule has 1 aromatic carbocycles. The van der Waals surface area contributed by atoms with Crippen LogP contribution in [0.3, 0.4) is 0 Å². The second kappa shape index (κ2) is 6.13. The Hall–Kier alpha value is -2.09. The number of hydrogen-bond donors (Lipinski definition) is 1. The van der Waals surface area contributed by atoms with Gasteiger partial charge in [0.2, 0.25) is 0 Å². The van der Waals surface area contributed by atoms with Gasteiger partial charge in [0.05, 0.1) is 12.3 Å². The summed E-state index contributed by atoms with van der Waals surface area (Å²) in [6.07, 6.45) is -0.384. The first-order chi connectivity index (χ1) is 9.95. The molecule has 0 atom stereocenters. The lowest BCUT2D eigenvalue weighted by molar-refractivity contribution is 0.0983. The Morgan fingerprint density at radius 1 is 1.38 bits per heavy atom. The van der Waals surface area contributed by atoms with E-state index in [9.17, 15) is 18.0 Å². The molecule has 0 fully saturated rings. The zero-order valence-electron chi connectivity index (χ0n) is 11.5. The van der Waals surface area contributed by atoms with E-state index in [4.69, 9.17) is 0 Å². The summed E-state index contributed by atoms with van der Waals surface area (Å²) in [5.41, 5.74) is 0.612. The van der Waals surface area contributed by atoms with E-state index < -0.39 is 16.3 Å². The Morgan fingerprint density at radius 3 is 2.81 bits per heavy atom. The van der Waals surface area contributed by atoms with Gasteiger partial charge in [0.1, 0.15) is 0 Å². The molecule has 0 bridgehead atoms. The van der Waals surface area contributed by atoms with Gasteiger partial charge in [0, 0.05) is 18.5 Å². The zero-order chi connectivity index (χ0) is 15.5. The number of para-hydroxylation sites is 1. The Morgan fingerprint density at radius 2 is 2.10 bits per heavy atom. The van der Waals surface area contributed by atoms with Gasteiger partial charge in [0.15, 0.2) is 5.78 Å². The predicted molar refractivity (Wildman–Crippen MR) is 76.4 cm³/mol. The molecule has 8 heteroatoms. The van der Waals surface area contributed by atoms with E-state index in [1.807, 2.05) is 4.72 Å². The number of nitrogens with zero attached hydrogens (tertiary/aromatic N) is 1. The number of hydrogen-bond acceptors (Lipinski definition) is 5. The van der Waals surface area contributed by atoms with E-state index in [1.54, 1.807) is 31.2 Å². The molecule has 1 amide bonds. The molecule has 1 N–H and O–H groups in total. The molecule has 7 nitrogen and oxygen atoms in total. The van der Waals surface area contributed by atoms with Gasteiger partial charge in [-0.05, 0) is 25.5 Å². The van der Waals surface area contributed by atoms with Crippen LogP contribution in [0.5, 0.6) is 0 Å². The van der Waals surface area contributed by atoms with Gasteiger partial charge in [-0.2, -0.15) is 8.42 Å². The summed E-state index contributed by atoms with van der Waals surface area (Å²) in [5.74, 6) is -0.112. The molecule has 0 unspecified atom stereocenters. The molecular weight excluding hydrogens is 296 g/mol. The minimum atomic E-state index is -4.11. The number of Topliss-reactive ketones (excluding diaryl/α,β-unsaturated/α-hetero) is 1. The minimum absolute atomic E-state index is 0.0659. The maximum absolute atomic E-state index is 12.3. The number of ether oxygens (including phenoxy) is 1. The lowest BCUT2D eigenvalue weighted by atomic mass is 10.1. The number of amides is 1. The third kappa shape index (κ3) is 3.33. The molecule has 1 heterocycles. The number of ketones is 1. The summed E-state index contributed by atoms with van der Waals surface area (Å²) in [4.78, 5) is 23.3. The SMILES string of the molecule is CCOC(=O)NS(=O)(=O)N1CCCC(=O)c2ccccc21.